The predicted molar refractivity (Wildman–Crippen MR) is 104 cm³/mol. The van der Waals surface area contributed by atoms with Crippen LogP contribution < -0.4 is 10.6 Å². The Bertz CT molecular complexity index is 606. The number of rotatable bonds is 9. The van der Waals surface area contributed by atoms with Crippen LogP contribution in [-0.4, -0.2) is 42.7 Å². The van der Waals surface area contributed by atoms with Crippen molar-refractivity contribution in [3.8, 4) is 0 Å². The smallest absolute Gasteiger partial charge is 0.190 e. The van der Waals surface area contributed by atoms with E-state index >= 15 is 0 Å². The second-order valence-electron chi connectivity index (χ2n) is 5.55. The average molecular weight is 333 g/mol. The van der Waals surface area contributed by atoms with E-state index in [1.165, 1.54) is 29.5 Å². The first-order chi connectivity index (χ1) is 11.3. The number of nitrogens with one attached hydrogen (secondary N) is 2. The standard InChI is InChI=1S/C18H28N4S/c1-19-18(20-11-5-6-15-23-2)21-12-7-13-22-14-10-16-8-3-4-9-17(16)22/h3-4,8-10,14H,5-7,11-13,15H2,1-2H3,(H2,19,20,21). The molecule has 2 rings (SSSR count). The SMILES string of the molecule is CN=C(NCCCCSC)NCCCn1ccc2ccccc21. The first-order valence-electron chi connectivity index (χ1n) is 8.32. The fourth-order valence-corrected chi connectivity index (χ4v) is 3.08. The summed E-state index contributed by atoms with van der Waals surface area (Å²) >= 11 is 1.91. The van der Waals surface area contributed by atoms with Gasteiger partial charge in [-0.3, -0.25) is 4.99 Å². The highest BCUT2D eigenvalue weighted by atomic mass is 32.2. The van der Waals surface area contributed by atoms with Crippen LogP contribution in [0.3, 0.4) is 0 Å². The summed E-state index contributed by atoms with van der Waals surface area (Å²) in [5, 5.41) is 8.07. The largest absolute Gasteiger partial charge is 0.356 e. The summed E-state index contributed by atoms with van der Waals surface area (Å²) in [5.74, 6) is 2.14. The molecule has 2 N–H and O–H groups in total. The zero-order chi connectivity index (χ0) is 16.3. The Kier molecular flexibility index (Phi) is 7.87. The van der Waals surface area contributed by atoms with Crippen LogP contribution in [0, 0.1) is 0 Å². The van der Waals surface area contributed by atoms with Crippen LogP contribution in [0.1, 0.15) is 19.3 Å². The maximum Gasteiger partial charge on any atom is 0.190 e. The lowest BCUT2D eigenvalue weighted by atomic mass is 10.2. The molecule has 0 aliphatic heterocycles. The van der Waals surface area contributed by atoms with Gasteiger partial charge in [-0.2, -0.15) is 11.8 Å². The Balaban J connectivity index is 1.65. The van der Waals surface area contributed by atoms with Crippen molar-refractivity contribution in [2.24, 2.45) is 4.99 Å². The average Bonchev–Trinajstić information content (AvgIpc) is 3.00. The van der Waals surface area contributed by atoms with E-state index in [0.717, 1.165) is 32.0 Å². The van der Waals surface area contributed by atoms with Gasteiger partial charge < -0.3 is 15.2 Å². The highest BCUT2D eigenvalue weighted by molar-refractivity contribution is 7.98. The number of unbranched alkanes of at least 4 members (excludes halogenated alkanes) is 1. The molecule has 126 valence electrons. The number of hydrogen-bond donors (Lipinski definition) is 2. The summed E-state index contributed by atoms with van der Waals surface area (Å²) in [4.78, 5) is 4.27. The summed E-state index contributed by atoms with van der Waals surface area (Å²) in [6.45, 7) is 2.94. The molecule has 0 fully saturated rings. The number of thioether (sulfide) groups is 1. The van der Waals surface area contributed by atoms with Crippen molar-refractivity contribution in [2.45, 2.75) is 25.8 Å². The Morgan fingerprint density at radius 1 is 1.09 bits per heavy atom. The fraction of sp³-hybridized carbons (Fsp3) is 0.500. The molecule has 1 aromatic heterocycles. The lowest BCUT2D eigenvalue weighted by Gasteiger charge is -2.12. The molecule has 0 spiro atoms. The summed E-state index contributed by atoms with van der Waals surface area (Å²) in [5.41, 5.74) is 1.31. The Labute approximate surface area is 143 Å². The first-order valence-corrected chi connectivity index (χ1v) is 9.72. The van der Waals surface area contributed by atoms with Gasteiger partial charge in [0.15, 0.2) is 5.96 Å². The van der Waals surface area contributed by atoms with Crippen molar-refractivity contribution in [3.05, 3.63) is 36.5 Å². The molecule has 23 heavy (non-hydrogen) atoms. The molecule has 0 aliphatic carbocycles. The van der Waals surface area contributed by atoms with Crippen molar-refractivity contribution >= 4 is 28.6 Å². The van der Waals surface area contributed by atoms with Crippen LogP contribution in [0.4, 0.5) is 0 Å². The highest BCUT2D eigenvalue weighted by Crippen LogP contribution is 2.15. The number of hydrogen-bond acceptors (Lipinski definition) is 2. The zero-order valence-electron chi connectivity index (χ0n) is 14.2. The monoisotopic (exact) mass is 332 g/mol. The van der Waals surface area contributed by atoms with E-state index < -0.39 is 0 Å². The van der Waals surface area contributed by atoms with Gasteiger partial charge >= 0.3 is 0 Å². The molecule has 5 heteroatoms. The fourth-order valence-electron chi connectivity index (χ4n) is 2.59. The molecular weight excluding hydrogens is 304 g/mol. The van der Waals surface area contributed by atoms with E-state index in [-0.39, 0.29) is 0 Å². The van der Waals surface area contributed by atoms with Crippen LogP contribution in [-0.2, 0) is 6.54 Å². The van der Waals surface area contributed by atoms with Gasteiger partial charge in [-0.1, -0.05) is 18.2 Å². The van der Waals surface area contributed by atoms with E-state index in [0.29, 0.717) is 0 Å². The minimum absolute atomic E-state index is 0.909. The molecule has 0 unspecified atom stereocenters. The van der Waals surface area contributed by atoms with Crippen molar-refractivity contribution in [3.63, 3.8) is 0 Å². The zero-order valence-corrected chi connectivity index (χ0v) is 15.0. The summed E-state index contributed by atoms with van der Waals surface area (Å²) in [6, 6.07) is 10.7. The highest BCUT2D eigenvalue weighted by Gasteiger charge is 2.00. The van der Waals surface area contributed by atoms with E-state index in [1.54, 1.807) is 0 Å². The maximum atomic E-state index is 4.27. The van der Waals surface area contributed by atoms with Crippen LogP contribution in [0.15, 0.2) is 41.5 Å². The van der Waals surface area contributed by atoms with Gasteiger partial charge in [0.1, 0.15) is 0 Å². The second-order valence-corrected chi connectivity index (χ2v) is 6.53. The third-order valence-corrected chi connectivity index (χ3v) is 4.54. The van der Waals surface area contributed by atoms with E-state index in [9.17, 15) is 0 Å². The molecule has 2 aromatic rings. The van der Waals surface area contributed by atoms with Gasteiger partial charge in [-0.15, -0.1) is 0 Å². The summed E-state index contributed by atoms with van der Waals surface area (Å²) in [6.07, 6.45) is 7.85. The number of benzene rings is 1. The normalized spacial score (nSPS) is 11.8. The summed E-state index contributed by atoms with van der Waals surface area (Å²) in [7, 11) is 1.83. The second kappa shape index (κ2) is 10.2. The van der Waals surface area contributed by atoms with Gasteiger partial charge in [-0.25, -0.2) is 0 Å². The molecule has 0 bridgehead atoms. The van der Waals surface area contributed by atoms with E-state index in [1.807, 2.05) is 18.8 Å². The van der Waals surface area contributed by atoms with Gasteiger partial charge in [0.2, 0.25) is 0 Å². The van der Waals surface area contributed by atoms with Crippen LogP contribution in [0.2, 0.25) is 0 Å². The molecule has 1 aromatic carbocycles. The van der Waals surface area contributed by atoms with Crippen molar-refractivity contribution in [1.29, 1.82) is 0 Å². The maximum absolute atomic E-state index is 4.27. The minimum Gasteiger partial charge on any atom is -0.356 e. The van der Waals surface area contributed by atoms with Gasteiger partial charge in [-0.05, 0) is 48.8 Å². The minimum atomic E-state index is 0.909. The van der Waals surface area contributed by atoms with E-state index in [2.05, 4.69) is 63.0 Å². The number of aryl methyl sites for hydroxylation is 1. The lowest BCUT2D eigenvalue weighted by Crippen LogP contribution is -2.38. The number of para-hydroxylation sites is 1. The molecule has 0 saturated carbocycles. The number of fused-ring (bicyclic) bond motifs is 1. The number of aliphatic imine (C=N–C) groups is 1. The molecule has 1 heterocycles. The van der Waals surface area contributed by atoms with Crippen LogP contribution in [0.5, 0.6) is 0 Å². The lowest BCUT2D eigenvalue weighted by molar-refractivity contribution is 0.638. The van der Waals surface area contributed by atoms with Crippen molar-refractivity contribution in [1.82, 2.24) is 15.2 Å². The molecule has 0 atom stereocenters. The number of aromatic nitrogens is 1. The predicted octanol–water partition coefficient (Wildman–Crippen LogP) is 3.34. The molecule has 0 aliphatic rings. The van der Waals surface area contributed by atoms with Gasteiger partial charge in [0.05, 0.1) is 0 Å². The topological polar surface area (TPSA) is 41.4 Å². The van der Waals surface area contributed by atoms with Gasteiger partial charge in [0.25, 0.3) is 0 Å². The third kappa shape index (κ3) is 5.82. The Morgan fingerprint density at radius 3 is 2.65 bits per heavy atom. The van der Waals surface area contributed by atoms with E-state index in [4.69, 9.17) is 0 Å². The Hall–Kier alpha value is -1.62. The van der Waals surface area contributed by atoms with Crippen LogP contribution in [0.25, 0.3) is 10.9 Å². The number of nitrogens with zero attached hydrogens (tertiary/aromatic N) is 2. The first kappa shape index (κ1) is 17.7. The van der Waals surface area contributed by atoms with Crippen molar-refractivity contribution in [2.75, 3.05) is 32.1 Å². The third-order valence-electron chi connectivity index (χ3n) is 3.84. The quantitative estimate of drug-likeness (QED) is 0.420. The van der Waals surface area contributed by atoms with Gasteiger partial charge in [0, 0.05) is 38.4 Å². The molecule has 4 nitrogen and oxygen atoms in total. The van der Waals surface area contributed by atoms with Crippen molar-refractivity contribution < 1.29 is 0 Å². The molecule has 0 radical (unpaired) electrons. The summed E-state index contributed by atoms with van der Waals surface area (Å²) < 4.78 is 2.32. The molecule has 0 saturated heterocycles. The number of guanidine groups is 1. The molecule has 0 amide bonds. The molecular formula is C18H28N4S. The van der Waals surface area contributed by atoms with Crippen LogP contribution >= 0.6 is 11.8 Å². The Morgan fingerprint density at radius 2 is 1.87 bits per heavy atom.